The van der Waals surface area contributed by atoms with Gasteiger partial charge in [0.2, 0.25) is 0 Å². The number of carboxylic acid groups (broad SMARTS) is 1. The van der Waals surface area contributed by atoms with Crippen LogP contribution in [0.1, 0.15) is 17.7 Å². The minimum absolute atomic E-state index is 0.115. The number of carbonyl (C=O) groups is 1. The summed E-state index contributed by atoms with van der Waals surface area (Å²) in [5.74, 6) is -0.794. The monoisotopic (exact) mass is 244 g/mol. The zero-order valence-electron chi connectivity index (χ0n) is 10.6. The van der Waals surface area contributed by atoms with Gasteiger partial charge in [0.05, 0.1) is 17.8 Å². The first-order valence-electron chi connectivity index (χ1n) is 5.88. The first-order chi connectivity index (χ1) is 8.56. The third kappa shape index (κ3) is 2.77. The molecule has 1 aromatic carbocycles. The lowest BCUT2D eigenvalue weighted by Gasteiger charge is -2.01. The number of aliphatic carboxylic acids is 1. The molecule has 0 fully saturated rings. The highest BCUT2D eigenvalue weighted by atomic mass is 16.4. The summed E-state index contributed by atoms with van der Waals surface area (Å²) in [6, 6.07) is 10.2. The summed E-state index contributed by atoms with van der Waals surface area (Å²) >= 11 is 0. The molecular weight excluding hydrogens is 228 g/mol. The number of nitrogens with zero attached hydrogens (tertiary/aromatic N) is 2. The molecule has 4 nitrogen and oxygen atoms in total. The van der Waals surface area contributed by atoms with Crippen molar-refractivity contribution in [2.75, 3.05) is 0 Å². The predicted molar refractivity (Wildman–Crippen MR) is 69.3 cm³/mol. The quantitative estimate of drug-likeness (QED) is 0.898. The van der Waals surface area contributed by atoms with E-state index < -0.39 is 5.97 Å². The fourth-order valence-corrected chi connectivity index (χ4v) is 1.88. The fourth-order valence-electron chi connectivity index (χ4n) is 1.88. The highest BCUT2D eigenvalue weighted by molar-refractivity contribution is 5.67. The van der Waals surface area contributed by atoms with Gasteiger partial charge in [-0.3, -0.25) is 9.48 Å². The second kappa shape index (κ2) is 5.04. The van der Waals surface area contributed by atoms with Crippen LogP contribution in [0.2, 0.25) is 0 Å². The van der Waals surface area contributed by atoms with Crippen LogP contribution in [0.3, 0.4) is 0 Å². The molecule has 0 bridgehead atoms. The van der Waals surface area contributed by atoms with Gasteiger partial charge in [0, 0.05) is 13.5 Å². The van der Waals surface area contributed by atoms with Crippen molar-refractivity contribution in [3.63, 3.8) is 0 Å². The second-order valence-corrected chi connectivity index (χ2v) is 4.40. The highest BCUT2D eigenvalue weighted by Gasteiger charge is 2.08. The van der Waals surface area contributed by atoms with E-state index in [-0.39, 0.29) is 6.42 Å². The molecule has 0 unspecified atom stereocenters. The Balaban J connectivity index is 2.23. The molecule has 0 aliphatic carbocycles. The molecule has 1 heterocycles. The maximum atomic E-state index is 10.5. The van der Waals surface area contributed by atoms with E-state index in [9.17, 15) is 4.79 Å². The van der Waals surface area contributed by atoms with Crippen molar-refractivity contribution in [1.29, 1.82) is 0 Å². The zero-order chi connectivity index (χ0) is 13.1. The number of aromatic nitrogens is 2. The molecule has 0 saturated heterocycles. The molecule has 0 aliphatic heterocycles. The molecule has 0 saturated carbocycles. The molecule has 1 aromatic heterocycles. The number of rotatable bonds is 4. The Bertz CT molecular complexity index is 556. The summed E-state index contributed by atoms with van der Waals surface area (Å²) in [7, 11) is 1.87. The van der Waals surface area contributed by atoms with Crippen molar-refractivity contribution < 1.29 is 9.90 Å². The van der Waals surface area contributed by atoms with E-state index in [1.807, 2.05) is 32.2 Å². The standard InChI is InChI=1S/C14H16N2O2/c1-10-3-5-11(6-4-10)13-9-12(15-16(13)2)7-8-14(17)18/h3-6,9H,7-8H2,1-2H3,(H,17,18). The first kappa shape index (κ1) is 12.4. The average molecular weight is 244 g/mol. The lowest BCUT2D eigenvalue weighted by Crippen LogP contribution is -1.99. The van der Waals surface area contributed by atoms with Crippen molar-refractivity contribution in [3.05, 3.63) is 41.6 Å². The van der Waals surface area contributed by atoms with Crippen molar-refractivity contribution in [1.82, 2.24) is 9.78 Å². The number of carboxylic acids is 1. The number of aryl methyl sites for hydroxylation is 3. The van der Waals surface area contributed by atoms with E-state index >= 15 is 0 Å². The van der Waals surface area contributed by atoms with E-state index in [0.29, 0.717) is 6.42 Å². The van der Waals surface area contributed by atoms with Gasteiger partial charge in [-0.25, -0.2) is 0 Å². The second-order valence-electron chi connectivity index (χ2n) is 4.40. The minimum Gasteiger partial charge on any atom is -0.481 e. The van der Waals surface area contributed by atoms with Crippen LogP contribution in [0.25, 0.3) is 11.3 Å². The van der Waals surface area contributed by atoms with Crippen LogP contribution >= 0.6 is 0 Å². The summed E-state index contributed by atoms with van der Waals surface area (Å²) in [5, 5.41) is 13.0. The summed E-state index contributed by atoms with van der Waals surface area (Å²) in [6.45, 7) is 2.05. The normalized spacial score (nSPS) is 10.6. The summed E-state index contributed by atoms with van der Waals surface area (Å²) < 4.78 is 1.79. The SMILES string of the molecule is Cc1ccc(-c2cc(CCC(=O)O)nn2C)cc1. The Hall–Kier alpha value is -2.10. The van der Waals surface area contributed by atoms with E-state index in [1.54, 1.807) is 4.68 Å². The minimum atomic E-state index is -0.794. The number of hydrogen-bond acceptors (Lipinski definition) is 2. The van der Waals surface area contributed by atoms with Crippen LogP contribution in [0.15, 0.2) is 30.3 Å². The van der Waals surface area contributed by atoms with Gasteiger partial charge in [-0.2, -0.15) is 5.10 Å². The van der Waals surface area contributed by atoms with Gasteiger partial charge in [0.25, 0.3) is 0 Å². The Morgan fingerprint density at radius 3 is 2.61 bits per heavy atom. The summed E-state index contributed by atoms with van der Waals surface area (Å²) in [6.07, 6.45) is 0.583. The molecule has 2 rings (SSSR count). The molecule has 0 radical (unpaired) electrons. The Kier molecular flexibility index (Phi) is 3.46. The van der Waals surface area contributed by atoms with Crippen molar-refractivity contribution in [3.8, 4) is 11.3 Å². The largest absolute Gasteiger partial charge is 0.481 e. The molecule has 0 atom stereocenters. The Labute approximate surface area is 106 Å². The summed E-state index contributed by atoms with van der Waals surface area (Å²) in [5.41, 5.74) is 4.13. The molecule has 18 heavy (non-hydrogen) atoms. The van der Waals surface area contributed by atoms with Gasteiger partial charge in [-0.15, -0.1) is 0 Å². The lowest BCUT2D eigenvalue weighted by atomic mass is 10.1. The number of benzene rings is 1. The molecule has 0 spiro atoms. The molecule has 4 heteroatoms. The van der Waals surface area contributed by atoms with E-state index in [2.05, 4.69) is 17.2 Å². The van der Waals surface area contributed by atoms with Crippen molar-refractivity contribution in [2.45, 2.75) is 19.8 Å². The third-order valence-electron chi connectivity index (χ3n) is 2.87. The molecular formula is C14H16N2O2. The molecule has 94 valence electrons. The predicted octanol–water partition coefficient (Wildman–Crippen LogP) is 2.41. The summed E-state index contributed by atoms with van der Waals surface area (Å²) in [4.78, 5) is 10.5. The van der Waals surface area contributed by atoms with Gasteiger partial charge < -0.3 is 5.11 Å². The smallest absolute Gasteiger partial charge is 0.303 e. The fraction of sp³-hybridized carbons (Fsp3) is 0.286. The zero-order valence-corrected chi connectivity index (χ0v) is 10.6. The first-order valence-corrected chi connectivity index (χ1v) is 5.88. The van der Waals surface area contributed by atoms with Crippen LogP contribution in [-0.2, 0) is 18.3 Å². The van der Waals surface area contributed by atoms with Crippen LogP contribution in [0.4, 0.5) is 0 Å². The van der Waals surface area contributed by atoms with Gasteiger partial charge >= 0.3 is 5.97 Å². The third-order valence-corrected chi connectivity index (χ3v) is 2.87. The van der Waals surface area contributed by atoms with Crippen LogP contribution in [0.5, 0.6) is 0 Å². The van der Waals surface area contributed by atoms with E-state index in [4.69, 9.17) is 5.11 Å². The van der Waals surface area contributed by atoms with Crippen molar-refractivity contribution >= 4 is 5.97 Å². The average Bonchev–Trinajstić information content (AvgIpc) is 2.69. The Morgan fingerprint density at radius 2 is 2.00 bits per heavy atom. The van der Waals surface area contributed by atoms with E-state index in [0.717, 1.165) is 17.0 Å². The van der Waals surface area contributed by atoms with Gasteiger partial charge in [-0.05, 0) is 18.6 Å². The molecule has 0 aliphatic rings. The lowest BCUT2D eigenvalue weighted by molar-refractivity contribution is -0.136. The molecule has 2 aromatic rings. The maximum absolute atomic E-state index is 10.5. The van der Waals surface area contributed by atoms with Crippen LogP contribution < -0.4 is 0 Å². The van der Waals surface area contributed by atoms with Gasteiger partial charge in [-0.1, -0.05) is 29.8 Å². The van der Waals surface area contributed by atoms with Crippen molar-refractivity contribution in [2.24, 2.45) is 7.05 Å². The topological polar surface area (TPSA) is 55.1 Å². The maximum Gasteiger partial charge on any atom is 0.303 e. The van der Waals surface area contributed by atoms with Gasteiger partial charge in [0.15, 0.2) is 0 Å². The van der Waals surface area contributed by atoms with E-state index in [1.165, 1.54) is 5.56 Å². The van der Waals surface area contributed by atoms with Crippen LogP contribution in [0, 0.1) is 6.92 Å². The molecule has 0 amide bonds. The van der Waals surface area contributed by atoms with Gasteiger partial charge in [0.1, 0.15) is 0 Å². The Morgan fingerprint density at radius 1 is 1.33 bits per heavy atom. The van der Waals surface area contributed by atoms with Crippen LogP contribution in [-0.4, -0.2) is 20.9 Å². The molecule has 1 N–H and O–H groups in total. The highest BCUT2D eigenvalue weighted by Crippen LogP contribution is 2.20. The number of hydrogen-bond donors (Lipinski definition) is 1.